The molecule has 0 amide bonds. The summed E-state index contributed by atoms with van der Waals surface area (Å²) < 4.78 is 62.7. The van der Waals surface area contributed by atoms with E-state index in [1.54, 1.807) is 24.3 Å². The summed E-state index contributed by atoms with van der Waals surface area (Å²) in [6.45, 7) is 8.46. The van der Waals surface area contributed by atoms with E-state index in [-0.39, 0.29) is 47.5 Å². The van der Waals surface area contributed by atoms with E-state index in [1.807, 2.05) is 115 Å². The molecule has 1 heteroatoms. The maximum absolute atomic E-state index is 9.65. The Bertz CT molecular complexity index is 2300. The molecule has 5 aromatic rings. The van der Waals surface area contributed by atoms with E-state index in [0.29, 0.717) is 16.7 Å². The average Bonchev–Trinajstić information content (AvgIpc) is 3.51. The van der Waals surface area contributed by atoms with E-state index in [2.05, 4.69) is 18.5 Å². The molecule has 5 aromatic carbocycles. The third kappa shape index (κ3) is 5.67. The van der Waals surface area contributed by atoms with Crippen LogP contribution in [0.5, 0.6) is 0 Å². The summed E-state index contributed by atoms with van der Waals surface area (Å²) in [6, 6.07) is 31.5. The first-order valence-corrected chi connectivity index (χ1v) is 15.0. The predicted molar refractivity (Wildman–Crippen MR) is 199 cm³/mol. The monoisotopic (exact) mass is 598 g/mol. The quantitative estimate of drug-likeness (QED) is 0.149. The highest BCUT2D eigenvalue weighted by molar-refractivity contribution is 5.91. The molecule has 0 aromatic heterocycles. The zero-order valence-corrected chi connectivity index (χ0v) is 25.3. The first-order valence-electron chi connectivity index (χ1n) is 18.6. The third-order valence-electron chi connectivity index (χ3n) is 8.04. The van der Waals surface area contributed by atoms with Crippen LogP contribution in [-0.4, -0.2) is 0 Å². The van der Waals surface area contributed by atoms with Crippen LogP contribution in [0.2, 0.25) is 0 Å². The molecule has 0 spiro atoms. The van der Waals surface area contributed by atoms with Crippen LogP contribution in [0.25, 0.3) is 28.9 Å². The smallest absolute Gasteiger partial charge is 0.0714 e. The van der Waals surface area contributed by atoms with Crippen LogP contribution in [0, 0.1) is 0 Å². The molecule has 222 valence electrons. The topological polar surface area (TPSA) is 12.0 Å². The number of anilines is 1. The van der Waals surface area contributed by atoms with Gasteiger partial charge in [0, 0.05) is 11.9 Å². The average molecular weight is 599 g/mol. The maximum atomic E-state index is 9.65. The molecule has 0 bridgehead atoms. The van der Waals surface area contributed by atoms with Crippen molar-refractivity contribution in [2.45, 2.75) is 5.41 Å². The number of rotatable bonds is 11. The summed E-state index contributed by atoms with van der Waals surface area (Å²) in [4.78, 5) is 0. The number of nitrogens with one attached hydrogen (secondary N) is 1. The highest BCUT2D eigenvalue weighted by atomic mass is 14.8. The molecule has 0 aliphatic heterocycles. The van der Waals surface area contributed by atoms with E-state index in [0.717, 1.165) is 39.9 Å². The van der Waals surface area contributed by atoms with E-state index in [4.69, 9.17) is 8.22 Å². The van der Waals surface area contributed by atoms with Crippen molar-refractivity contribution in [2.24, 2.45) is 0 Å². The zero-order chi connectivity index (χ0) is 37.7. The van der Waals surface area contributed by atoms with Gasteiger partial charge < -0.3 is 5.32 Å². The van der Waals surface area contributed by atoms with Gasteiger partial charge in [-0.05, 0) is 79.9 Å². The van der Waals surface area contributed by atoms with Crippen molar-refractivity contribution in [2.75, 3.05) is 5.32 Å². The molecule has 0 saturated heterocycles. The summed E-state index contributed by atoms with van der Waals surface area (Å²) in [6.07, 6.45) is 12.0. The van der Waals surface area contributed by atoms with Crippen LogP contribution in [-0.2, 0) is 5.41 Å². The Labute approximate surface area is 283 Å². The lowest BCUT2D eigenvalue weighted by Gasteiger charge is -2.34. The van der Waals surface area contributed by atoms with Crippen LogP contribution < -0.4 is 5.32 Å². The molecule has 0 radical (unpaired) electrons. The molecule has 0 heterocycles. The fourth-order valence-electron chi connectivity index (χ4n) is 6.04. The molecule has 0 unspecified atom stereocenters. The van der Waals surface area contributed by atoms with Gasteiger partial charge in [-0.15, -0.1) is 0 Å². The molecule has 1 nitrogen and oxygen atoms in total. The molecule has 1 N–H and O–H groups in total. The Kier molecular flexibility index (Phi) is 6.77. The van der Waals surface area contributed by atoms with Crippen molar-refractivity contribution >= 4 is 23.4 Å². The van der Waals surface area contributed by atoms with Crippen LogP contribution in [0.3, 0.4) is 0 Å². The molecule has 1 aliphatic rings. The summed E-state index contributed by atoms with van der Waals surface area (Å²) >= 11 is 0. The Morgan fingerprint density at radius 1 is 0.696 bits per heavy atom. The number of hydrogen-bond acceptors (Lipinski definition) is 1. The highest BCUT2D eigenvalue weighted by Gasteiger charge is 2.46. The van der Waals surface area contributed by atoms with Crippen molar-refractivity contribution in [3.63, 3.8) is 0 Å². The van der Waals surface area contributed by atoms with E-state index in [9.17, 15) is 1.37 Å². The van der Waals surface area contributed by atoms with Crippen molar-refractivity contribution in [1.29, 1.82) is 0 Å². The standard InChI is InChI=1S/C45H37N/c1-4-7-17-34-25-26-37(33-36(34)18-8-5-2)35-27-29-40(30-28-35)46-32-31-44-41(6-3)42-23-15-16-24-43(42)45(44,38-19-11-9-12-20-38)39-21-13-10-14-22-39/h4-33,46H,1-3H2/b17-7-,18-8-,32-31+/i3D,6D,27D,28D,29D,30D,31D/b6-3?,17-7-,18-8-,32-31+. The molecule has 6 rings (SSSR count). The van der Waals surface area contributed by atoms with Gasteiger partial charge in [-0.1, -0.05) is 171 Å². The summed E-state index contributed by atoms with van der Waals surface area (Å²) in [5.41, 5.74) is 5.40. The van der Waals surface area contributed by atoms with Gasteiger partial charge in [0.2, 0.25) is 0 Å². The fourth-order valence-corrected chi connectivity index (χ4v) is 6.04. The summed E-state index contributed by atoms with van der Waals surface area (Å²) in [5, 5.41) is 2.97. The first-order chi connectivity index (χ1) is 25.7. The largest absolute Gasteiger partial charge is 0.362 e. The lowest BCUT2D eigenvalue weighted by molar-refractivity contribution is 0.761. The zero-order valence-electron chi connectivity index (χ0n) is 32.3. The predicted octanol–water partition coefficient (Wildman–Crippen LogP) is 11.7. The van der Waals surface area contributed by atoms with Crippen molar-refractivity contribution in [1.82, 2.24) is 0 Å². The number of benzene rings is 5. The molecule has 0 atom stereocenters. The van der Waals surface area contributed by atoms with Gasteiger partial charge in [0.15, 0.2) is 0 Å². The van der Waals surface area contributed by atoms with Gasteiger partial charge in [0.05, 0.1) is 15.0 Å². The van der Waals surface area contributed by atoms with Crippen molar-refractivity contribution < 1.29 is 9.60 Å². The summed E-state index contributed by atoms with van der Waals surface area (Å²) in [5.74, 6) is 0. The van der Waals surface area contributed by atoms with Crippen molar-refractivity contribution in [3.8, 4) is 11.1 Å². The van der Waals surface area contributed by atoms with Gasteiger partial charge in [-0.25, -0.2) is 0 Å². The maximum Gasteiger partial charge on any atom is 0.0714 e. The molecule has 46 heavy (non-hydrogen) atoms. The third-order valence-corrected chi connectivity index (χ3v) is 8.04. The number of allylic oxidation sites excluding steroid dienone is 8. The van der Waals surface area contributed by atoms with E-state index in [1.165, 1.54) is 6.20 Å². The minimum Gasteiger partial charge on any atom is -0.362 e. The Morgan fingerprint density at radius 2 is 1.33 bits per heavy atom. The van der Waals surface area contributed by atoms with Crippen LogP contribution in [0.15, 0.2) is 195 Å². The highest BCUT2D eigenvalue weighted by Crippen LogP contribution is 2.55. The summed E-state index contributed by atoms with van der Waals surface area (Å²) in [7, 11) is 0. The second-order valence-corrected chi connectivity index (χ2v) is 10.6. The molecular formula is C45H37N. The van der Waals surface area contributed by atoms with Gasteiger partial charge in [0.1, 0.15) is 0 Å². The van der Waals surface area contributed by atoms with Gasteiger partial charge in [-0.3, -0.25) is 0 Å². The second-order valence-electron chi connectivity index (χ2n) is 10.6. The Hall–Kier alpha value is -5.92. The lowest BCUT2D eigenvalue weighted by Crippen LogP contribution is -2.29. The van der Waals surface area contributed by atoms with Crippen LogP contribution >= 0.6 is 0 Å². The van der Waals surface area contributed by atoms with Gasteiger partial charge >= 0.3 is 0 Å². The van der Waals surface area contributed by atoms with E-state index >= 15 is 0 Å². The number of fused-ring (bicyclic) bond motifs is 1. The minimum absolute atomic E-state index is 0.0433. The fraction of sp³-hybridized carbons (Fsp3) is 0.0222. The molecule has 0 fully saturated rings. The van der Waals surface area contributed by atoms with Gasteiger partial charge in [0.25, 0.3) is 0 Å². The Morgan fingerprint density at radius 3 is 1.98 bits per heavy atom. The Balaban J connectivity index is 1.53. The minimum atomic E-state index is -1.05. The SMILES string of the molecule is [2H]C=C([2H])C1=C(/C([2H])=C/Nc2c([2H])c([2H])c(-c3ccc(/C=C\C=C)c(/C=C\C=C)c3)c([2H])c2[2H])C(c2ccccc2)(c2ccccc2)c2ccccc21. The molecule has 0 saturated carbocycles. The first kappa shape index (κ1) is 22.6. The van der Waals surface area contributed by atoms with Crippen LogP contribution in [0.4, 0.5) is 5.69 Å². The molecule has 1 aliphatic carbocycles. The molecular weight excluding hydrogens is 555 g/mol. The van der Waals surface area contributed by atoms with Crippen molar-refractivity contribution in [3.05, 3.63) is 229 Å². The normalized spacial score (nSPS) is 16.6. The van der Waals surface area contributed by atoms with Gasteiger partial charge in [-0.2, -0.15) is 0 Å². The second kappa shape index (κ2) is 13.8. The number of hydrogen-bond donors (Lipinski definition) is 1. The lowest BCUT2D eigenvalue weighted by atomic mass is 9.67. The van der Waals surface area contributed by atoms with E-state index < -0.39 is 5.41 Å². The van der Waals surface area contributed by atoms with Crippen LogP contribution in [0.1, 0.15) is 43.0 Å².